The van der Waals surface area contributed by atoms with Gasteiger partial charge in [-0.1, -0.05) is 37.5 Å². The van der Waals surface area contributed by atoms with Crippen LogP contribution in [0.2, 0.25) is 0 Å². The predicted octanol–water partition coefficient (Wildman–Crippen LogP) is 7.81. The third kappa shape index (κ3) is 4.97. The molecule has 2 aliphatic rings. The summed E-state index contributed by atoms with van der Waals surface area (Å²) in [6.45, 7) is 5.28. The first-order valence-corrected chi connectivity index (χ1v) is 15.3. The van der Waals surface area contributed by atoms with Gasteiger partial charge in [-0.25, -0.2) is 4.98 Å². The number of fused-ring (bicyclic) bond motifs is 5. The minimum absolute atomic E-state index is 0.130. The van der Waals surface area contributed by atoms with Gasteiger partial charge >= 0.3 is 0 Å². The largest absolute Gasteiger partial charge is 0.497 e. The molecule has 3 aromatic carbocycles. The van der Waals surface area contributed by atoms with Gasteiger partial charge in [0.25, 0.3) is 5.91 Å². The number of aromatic nitrogens is 3. The minimum atomic E-state index is -0.715. The van der Waals surface area contributed by atoms with E-state index in [1.807, 2.05) is 50.2 Å². The molecule has 5 aromatic rings. The number of benzene rings is 3. The van der Waals surface area contributed by atoms with Crippen LogP contribution in [0.3, 0.4) is 0 Å². The maximum Gasteiger partial charge on any atom is 0.252 e. The fraction of sp³-hybridized carbons (Fsp3) is 0.333. The van der Waals surface area contributed by atoms with Crippen molar-refractivity contribution in [2.45, 2.75) is 64.0 Å². The van der Waals surface area contributed by atoms with E-state index in [0.717, 1.165) is 40.4 Å². The Labute approximate surface area is 252 Å². The lowest BCUT2D eigenvalue weighted by Gasteiger charge is -2.24. The van der Waals surface area contributed by atoms with Crippen LogP contribution in [0.1, 0.15) is 73.6 Å². The SMILES string of the molecule is COc1ccc(-c2cnc(C(C)(C)NC(=O)c3ccc4c(C5CCCCC5)c5n(c4c3)CCOc3ccccc3-5)[nH]2)cc1. The highest BCUT2D eigenvalue weighted by Crippen LogP contribution is 2.47. The summed E-state index contributed by atoms with van der Waals surface area (Å²) in [6.07, 6.45) is 8.04. The van der Waals surface area contributed by atoms with E-state index in [4.69, 9.17) is 9.47 Å². The molecule has 0 atom stereocenters. The molecule has 7 nitrogen and oxygen atoms in total. The van der Waals surface area contributed by atoms with Crippen molar-refractivity contribution >= 4 is 16.8 Å². The summed E-state index contributed by atoms with van der Waals surface area (Å²) in [7, 11) is 1.65. The van der Waals surface area contributed by atoms with Gasteiger partial charge in [0.2, 0.25) is 0 Å². The molecule has 7 heteroatoms. The standard InChI is InChI=1S/C36H38N4O3/c1-36(2,35-37-22-29(38-35)23-13-16-26(42-3)17-14-23)39-34(41)25-15-18-27-30(21-25)40-19-20-43-31-12-8-7-11-28(31)33(40)32(27)24-9-5-4-6-10-24/h7-8,11-18,21-22,24H,4-6,9-10,19-20H2,1-3H3,(H,37,38)(H,39,41). The van der Waals surface area contributed by atoms with Gasteiger partial charge < -0.3 is 24.3 Å². The van der Waals surface area contributed by atoms with Crippen molar-refractivity contribution in [3.8, 4) is 34.0 Å². The molecule has 2 aromatic heterocycles. The van der Waals surface area contributed by atoms with Crippen molar-refractivity contribution in [2.24, 2.45) is 0 Å². The van der Waals surface area contributed by atoms with Gasteiger partial charge in [0, 0.05) is 22.0 Å². The summed E-state index contributed by atoms with van der Waals surface area (Å²) >= 11 is 0. The summed E-state index contributed by atoms with van der Waals surface area (Å²) in [6, 6.07) is 22.4. The predicted molar refractivity (Wildman–Crippen MR) is 170 cm³/mol. The molecule has 43 heavy (non-hydrogen) atoms. The molecule has 1 aliphatic carbocycles. The van der Waals surface area contributed by atoms with Crippen LogP contribution in [0.15, 0.2) is 72.9 Å². The van der Waals surface area contributed by atoms with Crippen LogP contribution >= 0.6 is 0 Å². The highest BCUT2D eigenvalue weighted by atomic mass is 16.5. The molecular weight excluding hydrogens is 536 g/mol. The van der Waals surface area contributed by atoms with E-state index in [9.17, 15) is 4.79 Å². The van der Waals surface area contributed by atoms with Crippen LogP contribution in [-0.4, -0.2) is 34.2 Å². The maximum atomic E-state index is 13.8. The average molecular weight is 575 g/mol. The summed E-state index contributed by atoms with van der Waals surface area (Å²) in [5.41, 5.74) is 6.73. The minimum Gasteiger partial charge on any atom is -0.497 e. The van der Waals surface area contributed by atoms with Crippen molar-refractivity contribution < 1.29 is 14.3 Å². The second-order valence-electron chi connectivity index (χ2n) is 12.3. The molecular formula is C36H38N4O3. The molecule has 1 amide bonds. The summed E-state index contributed by atoms with van der Waals surface area (Å²) < 4.78 is 13.9. The first kappa shape index (κ1) is 27.3. The van der Waals surface area contributed by atoms with Gasteiger partial charge in [-0.15, -0.1) is 0 Å². The van der Waals surface area contributed by atoms with Crippen LogP contribution < -0.4 is 14.8 Å². The average Bonchev–Trinajstić information content (AvgIpc) is 3.61. The van der Waals surface area contributed by atoms with Crippen LogP contribution in [0.25, 0.3) is 33.4 Å². The Hall–Kier alpha value is -4.52. The third-order valence-corrected chi connectivity index (χ3v) is 9.09. The number of imidazole rings is 1. The monoisotopic (exact) mass is 574 g/mol. The Balaban J connectivity index is 1.23. The molecule has 7 rings (SSSR count). The number of para-hydroxylation sites is 1. The van der Waals surface area contributed by atoms with Gasteiger partial charge in [-0.05, 0) is 92.3 Å². The molecule has 1 fully saturated rings. The van der Waals surface area contributed by atoms with E-state index in [1.165, 1.54) is 48.7 Å². The Morgan fingerprint density at radius 3 is 2.63 bits per heavy atom. The number of rotatable bonds is 6. The van der Waals surface area contributed by atoms with Crippen LogP contribution in [0, 0.1) is 0 Å². The lowest BCUT2D eigenvalue weighted by atomic mass is 9.81. The zero-order valence-corrected chi connectivity index (χ0v) is 25.1. The molecule has 1 saturated carbocycles. The van der Waals surface area contributed by atoms with Gasteiger partial charge in [-0.2, -0.15) is 0 Å². The van der Waals surface area contributed by atoms with Crippen molar-refractivity contribution in [3.63, 3.8) is 0 Å². The number of hydrogen-bond acceptors (Lipinski definition) is 4. The van der Waals surface area contributed by atoms with Crippen molar-refractivity contribution in [3.05, 3.63) is 89.9 Å². The number of nitrogens with one attached hydrogen (secondary N) is 2. The Kier molecular flexibility index (Phi) is 6.96. The Bertz CT molecular complexity index is 1790. The molecule has 0 bridgehead atoms. The molecule has 220 valence electrons. The topological polar surface area (TPSA) is 81.2 Å². The van der Waals surface area contributed by atoms with Crippen molar-refractivity contribution in [2.75, 3.05) is 13.7 Å². The van der Waals surface area contributed by atoms with E-state index in [-0.39, 0.29) is 5.91 Å². The highest BCUT2D eigenvalue weighted by molar-refractivity contribution is 6.01. The Morgan fingerprint density at radius 2 is 1.84 bits per heavy atom. The molecule has 2 N–H and O–H groups in total. The van der Waals surface area contributed by atoms with Crippen molar-refractivity contribution in [1.82, 2.24) is 19.9 Å². The van der Waals surface area contributed by atoms with Crippen molar-refractivity contribution in [1.29, 1.82) is 0 Å². The van der Waals surface area contributed by atoms with Crippen LogP contribution in [0.5, 0.6) is 11.5 Å². The molecule has 0 unspecified atom stereocenters. The number of nitrogens with zero attached hydrogens (tertiary/aromatic N) is 2. The number of aromatic amines is 1. The van der Waals surface area contributed by atoms with E-state index in [1.54, 1.807) is 13.3 Å². The summed E-state index contributed by atoms with van der Waals surface area (Å²) in [5.74, 6) is 2.81. The van der Waals surface area contributed by atoms with Gasteiger partial charge in [0.1, 0.15) is 23.9 Å². The number of amides is 1. The second kappa shape index (κ2) is 11.0. The molecule has 1 aliphatic heterocycles. The fourth-order valence-electron chi connectivity index (χ4n) is 6.85. The number of methoxy groups -OCH3 is 1. The van der Waals surface area contributed by atoms with Crippen LogP contribution in [0.4, 0.5) is 0 Å². The summed E-state index contributed by atoms with van der Waals surface area (Å²) in [4.78, 5) is 21.8. The van der Waals surface area contributed by atoms with Gasteiger partial charge in [0.15, 0.2) is 0 Å². The molecule has 0 spiro atoms. The number of hydrogen-bond donors (Lipinski definition) is 2. The van der Waals surface area contributed by atoms with Gasteiger partial charge in [-0.3, -0.25) is 4.79 Å². The molecule has 3 heterocycles. The smallest absolute Gasteiger partial charge is 0.252 e. The number of ether oxygens (including phenoxy) is 2. The second-order valence-corrected chi connectivity index (χ2v) is 12.3. The quantitative estimate of drug-likeness (QED) is 0.217. The zero-order chi connectivity index (χ0) is 29.6. The summed E-state index contributed by atoms with van der Waals surface area (Å²) in [5, 5.41) is 4.48. The fourth-order valence-corrected chi connectivity index (χ4v) is 6.85. The normalized spacial score (nSPS) is 15.3. The van der Waals surface area contributed by atoms with E-state index >= 15 is 0 Å². The number of carbonyl (C=O) groups is 1. The molecule has 0 radical (unpaired) electrons. The van der Waals surface area contributed by atoms with Gasteiger partial charge in [0.05, 0.1) is 36.8 Å². The lowest BCUT2D eigenvalue weighted by molar-refractivity contribution is 0.0909. The van der Waals surface area contributed by atoms with E-state index in [2.05, 4.69) is 50.2 Å². The maximum absolute atomic E-state index is 13.8. The number of carbonyl (C=O) groups excluding carboxylic acids is 1. The first-order chi connectivity index (χ1) is 20.9. The number of H-pyrrole nitrogens is 1. The zero-order valence-electron chi connectivity index (χ0n) is 25.1. The highest BCUT2D eigenvalue weighted by Gasteiger charge is 2.31. The van der Waals surface area contributed by atoms with Crippen LogP contribution in [-0.2, 0) is 12.1 Å². The van der Waals surface area contributed by atoms with E-state index in [0.29, 0.717) is 23.9 Å². The molecule has 0 saturated heterocycles. The third-order valence-electron chi connectivity index (χ3n) is 9.09. The first-order valence-electron chi connectivity index (χ1n) is 15.3. The van der Waals surface area contributed by atoms with E-state index < -0.39 is 5.54 Å². The Morgan fingerprint density at radius 1 is 1.05 bits per heavy atom. The lowest BCUT2D eigenvalue weighted by Crippen LogP contribution is -2.41.